The second kappa shape index (κ2) is 9.82. The highest BCUT2D eigenvalue weighted by Crippen LogP contribution is 2.42. The second-order valence-electron chi connectivity index (χ2n) is 8.70. The summed E-state index contributed by atoms with van der Waals surface area (Å²) in [5, 5.41) is 8.99. The number of hydrogen-bond acceptors (Lipinski definition) is 8. The number of carbonyl (C=O) groups is 4. The van der Waals surface area contributed by atoms with Crippen LogP contribution < -0.4 is 14.4 Å². The number of esters is 2. The van der Waals surface area contributed by atoms with Crippen molar-refractivity contribution in [1.29, 1.82) is 0 Å². The molecule has 1 aliphatic heterocycles. The van der Waals surface area contributed by atoms with E-state index in [1.54, 1.807) is 6.07 Å². The van der Waals surface area contributed by atoms with Gasteiger partial charge in [0.1, 0.15) is 23.6 Å². The fourth-order valence-electron chi connectivity index (χ4n) is 3.12. The minimum Gasteiger partial charge on any atom is -0.481 e. The Bertz CT molecular complexity index is 1130. The lowest BCUT2D eigenvalue weighted by molar-refractivity contribution is -0.144. The zero-order chi connectivity index (χ0) is 25.0. The molecule has 0 fully saturated rings. The number of methoxy groups -OCH3 is 1. The zero-order valence-electron chi connectivity index (χ0n) is 19.2. The number of aliphatic carboxylic acids is 1. The van der Waals surface area contributed by atoms with Crippen LogP contribution in [0.25, 0.3) is 0 Å². The summed E-state index contributed by atoms with van der Waals surface area (Å²) in [6.07, 6.45) is 0. The van der Waals surface area contributed by atoms with E-state index in [0.717, 1.165) is 4.90 Å². The van der Waals surface area contributed by atoms with E-state index in [9.17, 15) is 19.2 Å². The van der Waals surface area contributed by atoms with E-state index >= 15 is 0 Å². The van der Waals surface area contributed by atoms with Crippen molar-refractivity contribution in [3.8, 4) is 17.2 Å². The molecule has 10 heteroatoms. The molecular formula is C24H25NO9. The first-order valence-electron chi connectivity index (χ1n) is 10.4. The Morgan fingerprint density at radius 1 is 1.09 bits per heavy atom. The van der Waals surface area contributed by atoms with Gasteiger partial charge < -0.3 is 24.1 Å². The van der Waals surface area contributed by atoms with Crippen LogP contribution in [-0.4, -0.2) is 55.8 Å². The predicted octanol–water partition coefficient (Wildman–Crippen LogP) is 3.28. The number of ether oxygens (including phenoxy) is 4. The van der Waals surface area contributed by atoms with Crippen molar-refractivity contribution in [2.75, 3.05) is 31.8 Å². The Morgan fingerprint density at radius 2 is 1.82 bits per heavy atom. The first-order valence-corrected chi connectivity index (χ1v) is 10.4. The Balaban J connectivity index is 2.07. The Hall–Kier alpha value is -4.08. The van der Waals surface area contributed by atoms with Gasteiger partial charge in [-0.15, -0.1) is 0 Å². The van der Waals surface area contributed by atoms with E-state index < -0.39 is 37.0 Å². The van der Waals surface area contributed by atoms with Crippen LogP contribution in [0, 0.1) is 5.41 Å². The van der Waals surface area contributed by atoms with Crippen molar-refractivity contribution in [3.05, 3.63) is 47.5 Å². The lowest BCUT2D eigenvalue weighted by atomic mass is 9.99. The number of anilines is 1. The molecule has 1 aliphatic rings. The van der Waals surface area contributed by atoms with Crippen molar-refractivity contribution < 1.29 is 43.2 Å². The number of fused-ring (bicyclic) bond motifs is 2. The Morgan fingerprint density at radius 3 is 2.47 bits per heavy atom. The molecule has 1 amide bonds. The molecule has 180 valence electrons. The Kier molecular flexibility index (Phi) is 7.09. The lowest BCUT2D eigenvalue weighted by Gasteiger charge is -2.23. The molecule has 1 N–H and O–H groups in total. The first kappa shape index (κ1) is 24.6. The van der Waals surface area contributed by atoms with Crippen LogP contribution in [0.15, 0.2) is 36.4 Å². The first-order chi connectivity index (χ1) is 16.0. The maximum atomic E-state index is 13.6. The van der Waals surface area contributed by atoms with Crippen LogP contribution in [0.4, 0.5) is 5.69 Å². The van der Waals surface area contributed by atoms with Gasteiger partial charge in [0.2, 0.25) is 0 Å². The van der Waals surface area contributed by atoms with Gasteiger partial charge in [-0.25, -0.2) is 9.59 Å². The molecular weight excluding hydrogens is 446 g/mol. The standard InChI is InChI=1S/C24H25NO9/c1-24(2,3)13-33-20(28)11-25-15-10-14(23(30)31-4)8-9-16(15)34-18-7-5-6-17(21(18)22(25)29)32-12-19(26)27/h5-10H,11-13H2,1-4H3,(H,26,27). The van der Waals surface area contributed by atoms with E-state index in [-0.39, 0.29) is 46.1 Å². The SMILES string of the molecule is COC(=O)c1ccc2c(c1)N(CC(=O)OCC(C)(C)C)C(=O)c1c(OCC(=O)O)cccc1O2. The molecule has 0 bridgehead atoms. The fourth-order valence-corrected chi connectivity index (χ4v) is 3.12. The summed E-state index contributed by atoms with van der Waals surface area (Å²) >= 11 is 0. The van der Waals surface area contributed by atoms with Crippen LogP contribution in [0.3, 0.4) is 0 Å². The number of carbonyl (C=O) groups excluding carboxylic acids is 3. The van der Waals surface area contributed by atoms with Gasteiger partial charge in [0.15, 0.2) is 12.4 Å². The van der Waals surface area contributed by atoms with Gasteiger partial charge in [-0.1, -0.05) is 26.8 Å². The van der Waals surface area contributed by atoms with Crippen molar-refractivity contribution in [1.82, 2.24) is 0 Å². The maximum Gasteiger partial charge on any atom is 0.341 e. The number of hydrogen-bond donors (Lipinski definition) is 1. The van der Waals surface area contributed by atoms with Gasteiger partial charge in [0.25, 0.3) is 5.91 Å². The highest BCUT2D eigenvalue weighted by Gasteiger charge is 2.34. The number of carboxylic acids is 1. The number of amides is 1. The van der Waals surface area contributed by atoms with Gasteiger partial charge in [0, 0.05) is 0 Å². The van der Waals surface area contributed by atoms with E-state index in [4.69, 9.17) is 24.1 Å². The molecule has 0 unspecified atom stereocenters. The van der Waals surface area contributed by atoms with Gasteiger partial charge >= 0.3 is 17.9 Å². The molecule has 2 aromatic carbocycles. The van der Waals surface area contributed by atoms with Crippen LogP contribution >= 0.6 is 0 Å². The molecule has 0 saturated carbocycles. The van der Waals surface area contributed by atoms with E-state index in [2.05, 4.69) is 0 Å². The average molecular weight is 471 g/mol. The Labute approximate surface area is 196 Å². The van der Waals surface area contributed by atoms with Gasteiger partial charge in [-0.2, -0.15) is 0 Å². The molecule has 0 saturated heterocycles. The minimum absolute atomic E-state index is 0.0287. The summed E-state index contributed by atoms with van der Waals surface area (Å²) in [6.45, 7) is 4.64. The van der Waals surface area contributed by atoms with Gasteiger partial charge in [0.05, 0.1) is 25.0 Å². The molecule has 2 aromatic rings. The van der Waals surface area contributed by atoms with Crippen LogP contribution in [0.2, 0.25) is 0 Å². The minimum atomic E-state index is -1.23. The molecule has 3 rings (SSSR count). The summed E-state index contributed by atoms with van der Waals surface area (Å²) in [7, 11) is 1.22. The number of benzene rings is 2. The average Bonchev–Trinajstić information content (AvgIpc) is 2.89. The largest absolute Gasteiger partial charge is 0.481 e. The summed E-state index contributed by atoms with van der Waals surface area (Å²) < 4.78 is 21.3. The predicted molar refractivity (Wildman–Crippen MR) is 120 cm³/mol. The van der Waals surface area contributed by atoms with Crippen LogP contribution in [0.5, 0.6) is 17.2 Å². The molecule has 0 atom stereocenters. The lowest BCUT2D eigenvalue weighted by Crippen LogP contribution is -2.37. The second-order valence-corrected chi connectivity index (χ2v) is 8.70. The number of carboxylic acid groups (broad SMARTS) is 1. The highest BCUT2D eigenvalue weighted by molar-refractivity contribution is 6.13. The van der Waals surface area contributed by atoms with E-state index in [1.165, 1.54) is 37.4 Å². The molecule has 10 nitrogen and oxygen atoms in total. The van der Waals surface area contributed by atoms with Crippen molar-refractivity contribution in [2.45, 2.75) is 20.8 Å². The quantitative estimate of drug-likeness (QED) is 0.605. The third-order valence-corrected chi connectivity index (χ3v) is 4.64. The van der Waals surface area contributed by atoms with Crippen molar-refractivity contribution in [2.24, 2.45) is 5.41 Å². The summed E-state index contributed by atoms with van der Waals surface area (Å²) in [5.74, 6) is -2.97. The fraction of sp³-hybridized carbons (Fsp3) is 0.333. The van der Waals surface area contributed by atoms with Gasteiger partial charge in [-0.05, 0) is 35.7 Å². The monoisotopic (exact) mass is 471 g/mol. The van der Waals surface area contributed by atoms with Crippen molar-refractivity contribution in [3.63, 3.8) is 0 Å². The molecule has 0 radical (unpaired) electrons. The molecule has 0 aliphatic carbocycles. The third kappa shape index (κ3) is 5.64. The summed E-state index contributed by atoms with van der Waals surface area (Å²) in [5.41, 5.74) is -0.0784. The third-order valence-electron chi connectivity index (χ3n) is 4.64. The van der Waals surface area contributed by atoms with Crippen molar-refractivity contribution >= 4 is 29.5 Å². The topological polar surface area (TPSA) is 129 Å². The molecule has 1 heterocycles. The van der Waals surface area contributed by atoms with E-state index in [0.29, 0.717) is 0 Å². The number of nitrogens with zero attached hydrogens (tertiary/aromatic N) is 1. The summed E-state index contributed by atoms with van der Waals surface area (Å²) in [4.78, 5) is 50.5. The molecule has 34 heavy (non-hydrogen) atoms. The molecule has 0 spiro atoms. The highest BCUT2D eigenvalue weighted by atomic mass is 16.5. The van der Waals surface area contributed by atoms with Gasteiger partial charge in [-0.3, -0.25) is 14.5 Å². The number of rotatable bonds is 7. The zero-order valence-corrected chi connectivity index (χ0v) is 19.2. The summed E-state index contributed by atoms with van der Waals surface area (Å²) in [6, 6.07) is 8.79. The smallest absolute Gasteiger partial charge is 0.341 e. The van der Waals surface area contributed by atoms with Crippen LogP contribution in [0.1, 0.15) is 41.5 Å². The maximum absolute atomic E-state index is 13.6. The van der Waals surface area contributed by atoms with E-state index in [1.807, 2.05) is 20.8 Å². The normalized spacial score (nSPS) is 12.6. The van der Waals surface area contributed by atoms with Crippen LogP contribution in [-0.2, 0) is 19.1 Å². The molecule has 0 aromatic heterocycles.